The Morgan fingerprint density at radius 3 is 2.91 bits per heavy atom. The Morgan fingerprint density at radius 1 is 1.48 bits per heavy atom. The van der Waals surface area contributed by atoms with Gasteiger partial charge in [0, 0.05) is 17.4 Å². The Morgan fingerprint density at radius 2 is 2.22 bits per heavy atom. The first-order chi connectivity index (χ1) is 10.9. The summed E-state index contributed by atoms with van der Waals surface area (Å²) in [6, 6.07) is 0. The van der Waals surface area contributed by atoms with Crippen molar-refractivity contribution in [1.29, 1.82) is 0 Å². The predicted octanol–water partition coefficient (Wildman–Crippen LogP) is 5.22. The van der Waals surface area contributed by atoms with Crippen LogP contribution in [-0.2, 0) is 16.0 Å². The summed E-state index contributed by atoms with van der Waals surface area (Å²) in [5, 5.41) is 0. The van der Waals surface area contributed by atoms with E-state index in [2.05, 4.69) is 20.8 Å². The van der Waals surface area contributed by atoms with Crippen LogP contribution in [0.4, 0.5) is 0 Å². The maximum Gasteiger partial charge on any atom is 0.309 e. The van der Waals surface area contributed by atoms with Crippen LogP contribution in [-0.4, -0.2) is 5.97 Å². The third kappa shape index (κ3) is 2.53. The fraction of sp³-hybridized carbons (Fsp3) is 0.750. The van der Waals surface area contributed by atoms with Gasteiger partial charge in [-0.2, -0.15) is 0 Å². The van der Waals surface area contributed by atoms with Crippen molar-refractivity contribution in [2.45, 2.75) is 72.8 Å². The van der Waals surface area contributed by atoms with Gasteiger partial charge in [-0.25, -0.2) is 0 Å². The van der Waals surface area contributed by atoms with Crippen LogP contribution in [0.3, 0.4) is 0 Å². The van der Waals surface area contributed by atoms with Crippen molar-refractivity contribution in [1.82, 2.24) is 0 Å². The first-order valence-corrected chi connectivity index (χ1v) is 9.16. The summed E-state index contributed by atoms with van der Waals surface area (Å²) < 4.78 is 12.0. The lowest BCUT2D eigenvalue weighted by molar-refractivity contribution is -0.173. The van der Waals surface area contributed by atoms with E-state index in [4.69, 9.17) is 9.15 Å². The molecule has 0 aromatic carbocycles. The minimum Gasteiger partial charge on any atom is -0.469 e. The third-order valence-electron chi connectivity index (χ3n) is 6.74. The van der Waals surface area contributed by atoms with Gasteiger partial charge < -0.3 is 9.15 Å². The van der Waals surface area contributed by atoms with Crippen LogP contribution in [0.5, 0.6) is 0 Å². The van der Waals surface area contributed by atoms with E-state index >= 15 is 0 Å². The molecule has 1 heterocycles. The Balaban J connectivity index is 2.03. The Hall–Kier alpha value is -1.25. The summed E-state index contributed by atoms with van der Waals surface area (Å²) in [4.78, 5) is 12.6. The Bertz CT molecular complexity index is 588. The summed E-state index contributed by atoms with van der Waals surface area (Å²) in [7, 11) is 0. The van der Waals surface area contributed by atoms with Crippen molar-refractivity contribution in [3.8, 4) is 0 Å². The van der Waals surface area contributed by atoms with Gasteiger partial charge in [-0.15, -0.1) is 0 Å². The van der Waals surface area contributed by atoms with E-state index in [-0.39, 0.29) is 23.4 Å². The number of aryl methyl sites for hydroxylation is 1. The molecule has 3 nitrogen and oxygen atoms in total. The lowest BCUT2D eigenvalue weighted by Gasteiger charge is -2.52. The fourth-order valence-electron chi connectivity index (χ4n) is 4.63. The van der Waals surface area contributed by atoms with Crippen LogP contribution in [0.2, 0.25) is 0 Å². The zero-order valence-electron chi connectivity index (χ0n) is 15.1. The van der Waals surface area contributed by atoms with Gasteiger partial charge in [-0.05, 0) is 37.2 Å². The van der Waals surface area contributed by atoms with Crippen LogP contribution in [0.1, 0.15) is 76.4 Å². The predicted molar refractivity (Wildman–Crippen MR) is 90.0 cm³/mol. The maximum absolute atomic E-state index is 12.6. The fourth-order valence-corrected chi connectivity index (χ4v) is 4.63. The lowest BCUT2D eigenvalue weighted by Crippen LogP contribution is -2.48. The minimum atomic E-state index is -0.160. The molecule has 1 aromatic heterocycles. The molecule has 0 saturated heterocycles. The van der Waals surface area contributed by atoms with E-state index in [0.717, 1.165) is 29.7 Å². The molecule has 0 N–H and O–H groups in total. The molecular weight excluding hydrogens is 288 g/mol. The number of furan rings is 1. The second-order valence-corrected chi connectivity index (χ2v) is 7.98. The molecule has 23 heavy (non-hydrogen) atoms. The molecule has 128 valence electrons. The molecule has 0 aliphatic heterocycles. The van der Waals surface area contributed by atoms with Crippen molar-refractivity contribution >= 4 is 5.97 Å². The van der Waals surface area contributed by atoms with Gasteiger partial charge >= 0.3 is 5.97 Å². The molecule has 5 atom stereocenters. The average Bonchev–Trinajstić information content (AvgIpc) is 2.89. The smallest absolute Gasteiger partial charge is 0.309 e. The van der Waals surface area contributed by atoms with Crippen molar-refractivity contribution in [3.63, 3.8) is 0 Å². The van der Waals surface area contributed by atoms with Gasteiger partial charge in [-0.3, -0.25) is 4.79 Å². The van der Waals surface area contributed by atoms with E-state index in [1.807, 2.05) is 20.1 Å². The van der Waals surface area contributed by atoms with Gasteiger partial charge in [0.2, 0.25) is 0 Å². The molecular formula is C20H30O3. The average molecular weight is 318 g/mol. The topological polar surface area (TPSA) is 39.4 Å². The summed E-state index contributed by atoms with van der Waals surface area (Å²) >= 11 is 0. The largest absolute Gasteiger partial charge is 0.469 e. The van der Waals surface area contributed by atoms with E-state index in [1.54, 1.807) is 0 Å². The number of rotatable bonds is 3. The highest BCUT2D eigenvalue weighted by Crippen LogP contribution is 2.59. The SMILES string of the molecule is CC[C@@H](C)C(=O)O[C@@H]1c2c(C)coc2C[C@H]2CCC[C@H](C)[C@]21C. The van der Waals surface area contributed by atoms with E-state index in [9.17, 15) is 4.79 Å². The van der Waals surface area contributed by atoms with Crippen LogP contribution < -0.4 is 0 Å². The van der Waals surface area contributed by atoms with Crippen LogP contribution in [0, 0.1) is 30.1 Å². The zero-order valence-corrected chi connectivity index (χ0v) is 15.1. The number of esters is 1. The zero-order chi connectivity index (χ0) is 16.8. The number of carbonyl (C=O) groups excluding carboxylic acids is 1. The standard InChI is InChI=1S/C20H30O3/c1-6-12(2)19(21)23-18-17-13(3)11-22-16(17)10-15-9-7-8-14(4)20(15,18)5/h11-12,14-15,18H,6-10H2,1-5H3/t12-,14+,15-,18-,20-/m1/s1. The van der Waals surface area contributed by atoms with Crippen LogP contribution >= 0.6 is 0 Å². The molecule has 2 aliphatic carbocycles. The van der Waals surface area contributed by atoms with Gasteiger partial charge in [-0.1, -0.05) is 40.5 Å². The number of hydrogen-bond donors (Lipinski definition) is 0. The first kappa shape index (κ1) is 16.6. The molecule has 1 fully saturated rings. The summed E-state index contributed by atoms with van der Waals surface area (Å²) in [6.07, 6.45) is 7.17. The maximum atomic E-state index is 12.6. The number of ether oxygens (including phenoxy) is 1. The molecule has 0 bridgehead atoms. The molecule has 0 radical (unpaired) electrons. The van der Waals surface area contributed by atoms with Crippen LogP contribution in [0.25, 0.3) is 0 Å². The monoisotopic (exact) mass is 318 g/mol. The number of carbonyl (C=O) groups is 1. The molecule has 1 saturated carbocycles. The highest BCUT2D eigenvalue weighted by molar-refractivity contribution is 5.72. The van der Waals surface area contributed by atoms with Crippen molar-refractivity contribution in [2.24, 2.45) is 23.2 Å². The summed E-state index contributed by atoms with van der Waals surface area (Å²) in [5.74, 6) is 2.02. The number of hydrogen-bond acceptors (Lipinski definition) is 3. The number of fused-ring (bicyclic) bond motifs is 2. The molecule has 0 amide bonds. The molecule has 0 unspecified atom stereocenters. The second kappa shape index (κ2) is 5.99. The molecule has 0 spiro atoms. The van der Waals surface area contributed by atoms with Crippen molar-refractivity contribution < 1.29 is 13.9 Å². The first-order valence-electron chi connectivity index (χ1n) is 9.16. The van der Waals surface area contributed by atoms with E-state index in [0.29, 0.717) is 11.8 Å². The normalized spacial score (nSPS) is 34.4. The Labute approximate surface area is 139 Å². The highest BCUT2D eigenvalue weighted by atomic mass is 16.5. The molecule has 3 heteroatoms. The summed E-state index contributed by atoms with van der Waals surface area (Å²) in [6.45, 7) is 10.7. The van der Waals surface area contributed by atoms with Crippen molar-refractivity contribution in [3.05, 3.63) is 23.2 Å². The molecule has 2 aliphatic rings. The molecule has 1 aromatic rings. The third-order valence-corrected chi connectivity index (χ3v) is 6.74. The summed E-state index contributed by atoms with van der Waals surface area (Å²) in [5.41, 5.74) is 2.29. The molecule has 3 rings (SSSR count). The van der Waals surface area contributed by atoms with Gasteiger partial charge in [0.05, 0.1) is 12.2 Å². The quantitative estimate of drug-likeness (QED) is 0.718. The van der Waals surface area contributed by atoms with Gasteiger partial charge in [0.25, 0.3) is 0 Å². The van der Waals surface area contributed by atoms with E-state index < -0.39 is 0 Å². The van der Waals surface area contributed by atoms with Crippen LogP contribution in [0.15, 0.2) is 10.7 Å². The minimum absolute atomic E-state index is 0.0169. The van der Waals surface area contributed by atoms with Crippen molar-refractivity contribution in [2.75, 3.05) is 0 Å². The van der Waals surface area contributed by atoms with E-state index in [1.165, 1.54) is 19.3 Å². The lowest BCUT2D eigenvalue weighted by atomic mass is 9.54. The van der Waals surface area contributed by atoms with Gasteiger partial charge in [0.1, 0.15) is 11.9 Å². The van der Waals surface area contributed by atoms with Gasteiger partial charge in [0.15, 0.2) is 0 Å². The second-order valence-electron chi connectivity index (χ2n) is 7.98. The highest BCUT2D eigenvalue weighted by Gasteiger charge is 2.54. The Kier molecular flexibility index (Phi) is 4.33.